The third-order valence-electron chi connectivity index (χ3n) is 2.70. The molecule has 0 saturated carbocycles. The summed E-state index contributed by atoms with van der Waals surface area (Å²) in [5.74, 6) is 0. The van der Waals surface area contributed by atoms with Crippen molar-refractivity contribution in [2.75, 3.05) is 7.05 Å². The zero-order valence-electron chi connectivity index (χ0n) is 10.1. The summed E-state index contributed by atoms with van der Waals surface area (Å²) in [5, 5.41) is 11.3. The van der Waals surface area contributed by atoms with E-state index in [9.17, 15) is 0 Å². The number of hydrogen-bond donors (Lipinski definition) is 1. The molecule has 17 heavy (non-hydrogen) atoms. The number of rotatable bonds is 4. The largest absolute Gasteiger partial charge is 0.311 e. The Hall–Kier alpha value is -0.910. The first-order valence-corrected chi connectivity index (χ1v) is 6.63. The van der Waals surface area contributed by atoms with E-state index in [2.05, 4.69) is 20.8 Å². The molecule has 0 fully saturated rings. The lowest BCUT2D eigenvalue weighted by Gasteiger charge is -2.16. The minimum atomic E-state index is 0.136. The van der Waals surface area contributed by atoms with Crippen molar-refractivity contribution >= 4 is 22.9 Å². The second-order valence-corrected chi connectivity index (χ2v) is 5.37. The number of hydrogen-bond acceptors (Lipinski definition) is 4. The van der Waals surface area contributed by atoms with Crippen LogP contribution in [0.5, 0.6) is 0 Å². The molecule has 2 aromatic rings. The number of nitrogens with one attached hydrogen (secondary N) is 1. The van der Waals surface area contributed by atoms with E-state index >= 15 is 0 Å². The fourth-order valence-electron chi connectivity index (χ4n) is 1.86. The number of likely N-dealkylation sites (N-methyl/N-ethyl adjacent to an activating group) is 1. The summed E-state index contributed by atoms with van der Waals surface area (Å²) in [6.45, 7) is 2.01. The lowest BCUT2D eigenvalue weighted by molar-refractivity contribution is 0.533. The molecule has 2 rings (SSSR count). The van der Waals surface area contributed by atoms with Gasteiger partial charge in [0, 0.05) is 18.8 Å². The lowest BCUT2D eigenvalue weighted by Crippen LogP contribution is -2.22. The molecule has 0 radical (unpaired) electrons. The summed E-state index contributed by atoms with van der Waals surface area (Å²) in [6.07, 6.45) is 2.49. The Labute approximate surface area is 110 Å². The summed E-state index contributed by atoms with van der Waals surface area (Å²) in [7, 11) is 3.82. The smallest absolute Gasteiger partial charge is 0.0897 e. The van der Waals surface area contributed by atoms with Crippen LogP contribution < -0.4 is 5.32 Å². The van der Waals surface area contributed by atoms with Crippen LogP contribution in [-0.2, 0) is 13.5 Å². The standard InChI is InChI=1S/C11H15ClN4S/c1-7-15-8(6-17-7)4-10(13-2)11-9(12)5-14-16(11)3/h5-6,10,13H,4H2,1-3H3. The second kappa shape index (κ2) is 5.16. The van der Waals surface area contributed by atoms with Crippen LogP contribution in [0.25, 0.3) is 0 Å². The van der Waals surface area contributed by atoms with Crippen LogP contribution >= 0.6 is 22.9 Å². The average molecular weight is 271 g/mol. The molecule has 0 aliphatic rings. The normalized spacial score (nSPS) is 12.9. The number of thiazole rings is 1. The summed E-state index contributed by atoms with van der Waals surface area (Å²) in [5.41, 5.74) is 2.09. The molecule has 0 bridgehead atoms. The molecule has 0 aliphatic carbocycles. The maximum Gasteiger partial charge on any atom is 0.0897 e. The Balaban J connectivity index is 2.22. The highest BCUT2D eigenvalue weighted by Gasteiger charge is 2.18. The predicted molar refractivity (Wildman–Crippen MR) is 70.6 cm³/mol. The van der Waals surface area contributed by atoms with Gasteiger partial charge in [-0.2, -0.15) is 5.10 Å². The highest BCUT2D eigenvalue weighted by atomic mass is 35.5. The zero-order valence-corrected chi connectivity index (χ0v) is 11.6. The minimum Gasteiger partial charge on any atom is -0.311 e. The fourth-order valence-corrected chi connectivity index (χ4v) is 2.78. The van der Waals surface area contributed by atoms with Gasteiger partial charge in [-0.25, -0.2) is 4.98 Å². The molecule has 0 aromatic carbocycles. The lowest BCUT2D eigenvalue weighted by atomic mass is 10.1. The Morgan fingerprint density at radius 3 is 2.82 bits per heavy atom. The van der Waals surface area contributed by atoms with Crippen LogP contribution in [0, 0.1) is 6.92 Å². The van der Waals surface area contributed by atoms with E-state index in [4.69, 9.17) is 11.6 Å². The quantitative estimate of drug-likeness (QED) is 0.927. The molecular formula is C11H15ClN4S. The van der Waals surface area contributed by atoms with E-state index in [1.807, 2.05) is 25.7 Å². The maximum atomic E-state index is 6.15. The summed E-state index contributed by atoms with van der Waals surface area (Å²) in [6, 6.07) is 0.136. The zero-order chi connectivity index (χ0) is 12.4. The molecule has 0 saturated heterocycles. The molecule has 4 nitrogen and oxygen atoms in total. The topological polar surface area (TPSA) is 42.7 Å². The molecule has 1 atom stereocenters. The second-order valence-electron chi connectivity index (χ2n) is 3.90. The first kappa shape index (κ1) is 12.5. The van der Waals surface area contributed by atoms with Crippen LogP contribution in [0.4, 0.5) is 0 Å². The number of halogens is 1. The van der Waals surface area contributed by atoms with Gasteiger partial charge in [0.25, 0.3) is 0 Å². The van der Waals surface area contributed by atoms with Crippen molar-refractivity contribution in [3.63, 3.8) is 0 Å². The van der Waals surface area contributed by atoms with Crippen LogP contribution in [0.2, 0.25) is 5.02 Å². The van der Waals surface area contributed by atoms with Crippen LogP contribution in [0.3, 0.4) is 0 Å². The Bertz CT molecular complexity index is 486. The van der Waals surface area contributed by atoms with E-state index < -0.39 is 0 Å². The van der Waals surface area contributed by atoms with Crippen LogP contribution in [0.1, 0.15) is 22.4 Å². The average Bonchev–Trinajstić information content (AvgIpc) is 2.84. The highest BCUT2D eigenvalue weighted by Crippen LogP contribution is 2.25. The Kier molecular flexibility index (Phi) is 3.81. The van der Waals surface area contributed by atoms with Gasteiger partial charge >= 0.3 is 0 Å². The summed E-state index contributed by atoms with van der Waals surface area (Å²) in [4.78, 5) is 4.47. The fraction of sp³-hybridized carbons (Fsp3) is 0.455. The van der Waals surface area contributed by atoms with Crippen molar-refractivity contribution in [1.29, 1.82) is 0 Å². The highest BCUT2D eigenvalue weighted by molar-refractivity contribution is 7.09. The predicted octanol–water partition coefficient (Wildman–Crippen LogP) is 2.34. The number of aryl methyl sites for hydroxylation is 2. The van der Waals surface area contributed by atoms with Crippen LogP contribution in [-0.4, -0.2) is 21.8 Å². The van der Waals surface area contributed by atoms with Crippen molar-refractivity contribution in [1.82, 2.24) is 20.1 Å². The van der Waals surface area contributed by atoms with Crippen molar-refractivity contribution in [2.24, 2.45) is 7.05 Å². The summed E-state index contributed by atoms with van der Waals surface area (Å²) < 4.78 is 1.81. The van der Waals surface area contributed by atoms with Gasteiger partial charge in [-0.1, -0.05) is 11.6 Å². The van der Waals surface area contributed by atoms with Gasteiger partial charge in [0.2, 0.25) is 0 Å². The Morgan fingerprint density at radius 2 is 2.35 bits per heavy atom. The van der Waals surface area contributed by atoms with Gasteiger partial charge in [0.05, 0.1) is 33.7 Å². The minimum absolute atomic E-state index is 0.136. The van der Waals surface area contributed by atoms with Gasteiger partial charge in [0.15, 0.2) is 0 Å². The van der Waals surface area contributed by atoms with Gasteiger partial charge in [-0.05, 0) is 14.0 Å². The number of nitrogens with zero attached hydrogens (tertiary/aromatic N) is 3. The Morgan fingerprint density at radius 1 is 1.59 bits per heavy atom. The molecule has 2 heterocycles. The maximum absolute atomic E-state index is 6.15. The van der Waals surface area contributed by atoms with Gasteiger partial charge in [-0.3, -0.25) is 4.68 Å². The first-order valence-electron chi connectivity index (χ1n) is 5.37. The molecule has 0 spiro atoms. The molecule has 1 unspecified atom stereocenters. The van der Waals surface area contributed by atoms with Gasteiger partial charge in [-0.15, -0.1) is 11.3 Å². The monoisotopic (exact) mass is 270 g/mol. The van der Waals surface area contributed by atoms with E-state index in [1.165, 1.54) is 0 Å². The van der Waals surface area contributed by atoms with E-state index in [-0.39, 0.29) is 6.04 Å². The molecular weight excluding hydrogens is 256 g/mol. The summed E-state index contributed by atoms with van der Waals surface area (Å²) >= 11 is 7.82. The van der Waals surface area contributed by atoms with Gasteiger partial charge in [0.1, 0.15) is 0 Å². The molecule has 2 aromatic heterocycles. The molecule has 1 N–H and O–H groups in total. The molecule has 0 aliphatic heterocycles. The number of aromatic nitrogens is 3. The third-order valence-corrected chi connectivity index (χ3v) is 3.81. The van der Waals surface area contributed by atoms with Gasteiger partial charge < -0.3 is 5.32 Å². The first-order chi connectivity index (χ1) is 8.11. The third kappa shape index (κ3) is 2.68. The van der Waals surface area contributed by atoms with E-state index in [1.54, 1.807) is 17.5 Å². The van der Waals surface area contributed by atoms with Crippen LogP contribution in [0.15, 0.2) is 11.6 Å². The SMILES string of the molecule is CNC(Cc1csc(C)n1)c1c(Cl)cnn1C. The molecule has 0 amide bonds. The van der Waals surface area contributed by atoms with Crippen molar-refractivity contribution in [3.8, 4) is 0 Å². The molecule has 6 heteroatoms. The van der Waals surface area contributed by atoms with E-state index in [0.717, 1.165) is 22.8 Å². The van der Waals surface area contributed by atoms with E-state index in [0.29, 0.717) is 5.02 Å². The molecule has 92 valence electrons. The van der Waals surface area contributed by atoms with Crippen molar-refractivity contribution < 1.29 is 0 Å². The van der Waals surface area contributed by atoms with Crippen molar-refractivity contribution in [2.45, 2.75) is 19.4 Å². The van der Waals surface area contributed by atoms with Crippen molar-refractivity contribution in [3.05, 3.63) is 33.0 Å².